The van der Waals surface area contributed by atoms with E-state index in [1.54, 1.807) is 18.6 Å². The van der Waals surface area contributed by atoms with Crippen LogP contribution in [0.1, 0.15) is 67.1 Å². The van der Waals surface area contributed by atoms with Gasteiger partial charge < -0.3 is 14.4 Å². The lowest BCUT2D eigenvalue weighted by Gasteiger charge is -2.42. The molecule has 2 aromatic heterocycles. The molecule has 2 atom stereocenters. The number of hydrogen-bond donors (Lipinski definition) is 0. The van der Waals surface area contributed by atoms with Gasteiger partial charge in [-0.2, -0.15) is 0 Å². The molecule has 1 spiro atoms. The second kappa shape index (κ2) is 7.10. The number of carbonyl (C=O) groups is 1. The molecule has 0 bridgehead atoms. The minimum Gasteiger partial charge on any atom is -0.373 e. The Kier molecular flexibility index (Phi) is 4.35. The number of carbonyl (C=O) groups excluding carboxylic acids is 1. The van der Waals surface area contributed by atoms with E-state index in [1.807, 2.05) is 11.1 Å². The molecular weight excluding hydrogens is 380 g/mol. The second-order valence-electron chi connectivity index (χ2n) is 9.00. The summed E-state index contributed by atoms with van der Waals surface area (Å²) in [5.74, 6) is 0.0935. The fourth-order valence-electron chi connectivity index (χ4n) is 5.48. The summed E-state index contributed by atoms with van der Waals surface area (Å²) in [5, 5.41) is 0. The van der Waals surface area contributed by atoms with Crippen LogP contribution in [0.15, 0.2) is 30.9 Å². The van der Waals surface area contributed by atoms with Gasteiger partial charge >= 0.3 is 0 Å². The molecule has 6 rings (SSSR count). The Hall–Kier alpha value is -2.38. The molecule has 1 unspecified atom stereocenters. The van der Waals surface area contributed by atoms with Gasteiger partial charge in [0.25, 0.3) is 5.91 Å². The van der Waals surface area contributed by atoms with E-state index in [-0.39, 0.29) is 24.3 Å². The van der Waals surface area contributed by atoms with Crippen LogP contribution in [0.2, 0.25) is 0 Å². The monoisotopic (exact) mass is 406 g/mol. The van der Waals surface area contributed by atoms with Gasteiger partial charge in [-0.25, -0.2) is 0 Å². The Morgan fingerprint density at radius 1 is 1.13 bits per heavy atom. The van der Waals surface area contributed by atoms with E-state index in [2.05, 4.69) is 21.0 Å². The topological polar surface area (TPSA) is 77.4 Å². The number of hydrogen-bond acceptors (Lipinski definition) is 6. The van der Waals surface area contributed by atoms with Gasteiger partial charge in [0.05, 0.1) is 30.6 Å². The van der Waals surface area contributed by atoms with Crippen molar-refractivity contribution in [2.24, 2.45) is 0 Å². The number of aryl methyl sites for hydroxylation is 2. The van der Waals surface area contributed by atoms with Crippen LogP contribution in [-0.4, -0.2) is 43.7 Å². The highest BCUT2D eigenvalue weighted by molar-refractivity contribution is 5.89. The molecule has 0 N–H and O–H groups in total. The molecular formula is C23H26N4O3. The third-order valence-electron chi connectivity index (χ3n) is 7.07. The van der Waals surface area contributed by atoms with Crippen molar-refractivity contribution >= 4 is 5.91 Å². The standard InChI is InChI=1S/C23H26N4O3/c28-22-23(30-21-6-5-20(27(21)22)19-13-24-7-8-25-19)10-17(11-23)29-14-15-9-16-3-1-2-4-18(16)26-12-15/h7-9,12-13,17,20-21H,1-6,10-11,14H2/t17?,20-,21?,23?/m0/s1. The molecule has 0 radical (unpaired) electrons. The number of nitrogens with zero attached hydrogens (tertiary/aromatic N) is 4. The van der Waals surface area contributed by atoms with Crippen molar-refractivity contribution in [3.8, 4) is 0 Å². The van der Waals surface area contributed by atoms with E-state index in [0.717, 1.165) is 36.9 Å². The molecule has 0 aromatic carbocycles. The first kappa shape index (κ1) is 18.4. The van der Waals surface area contributed by atoms with Crippen molar-refractivity contribution in [2.75, 3.05) is 0 Å². The Bertz CT molecular complexity index is 960. The van der Waals surface area contributed by atoms with Crippen LogP contribution in [0.4, 0.5) is 0 Å². The summed E-state index contributed by atoms with van der Waals surface area (Å²) in [6, 6.07) is 2.21. The summed E-state index contributed by atoms with van der Waals surface area (Å²) < 4.78 is 12.4. The van der Waals surface area contributed by atoms with Gasteiger partial charge in [0, 0.05) is 37.1 Å². The molecule has 2 saturated heterocycles. The lowest BCUT2D eigenvalue weighted by atomic mass is 9.76. The number of fused-ring (bicyclic) bond motifs is 2. The maximum atomic E-state index is 13.2. The van der Waals surface area contributed by atoms with Crippen molar-refractivity contribution in [3.63, 3.8) is 0 Å². The zero-order chi connectivity index (χ0) is 20.1. The molecule has 2 aliphatic heterocycles. The van der Waals surface area contributed by atoms with Crippen LogP contribution in [-0.2, 0) is 33.7 Å². The SMILES string of the molecule is O=C1N2C(CC[C@H]2c2cnccn2)OC12CC(OCc1cnc3c(c1)CCCC3)C2. The van der Waals surface area contributed by atoms with Crippen LogP contribution in [0.5, 0.6) is 0 Å². The average molecular weight is 406 g/mol. The summed E-state index contributed by atoms with van der Waals surface area (Å²) in [6.45, 7) is 0.546. The van der Waals surface area contributed by atoms with Crippen LogP contribution in [0.25, 0.3) is 0 Å². The van der Waals surface area contributed by atoms with Gasteiger partial charge in [-0.3, -0.25) is 19.7 Å². The van der Waals surface area contributed by atoms with Crippen molar-refractivity contribution in [3.05, 3.63) is 53.4 Å². The third-order valence-corrected chi connectivity index (χ3v) is 7.07. The van der Waals surface area contributed by atoms with Gasteiger partial charge in [0.2, 0.25) is 0 Å². The summed E-state index contributed by atoms with van der Waals surface area (Å²) in [5.41, 5.74) is 3.89. The summed E-state index contributed by atoms with van der Waals surface area (Å²) in [7, 11) is 0. The quantitative estimate of drug-likeness (QED) is 0.777. The number of ether oxygens (including phenoxy) is 2. The number of aromatic nitrogens is 3. The molecule has 1 amide bonds. The van der Waals surface area contributed by atoms with E-state index < -0.39 is 5.60 Å². The predicted octanol–water partition coefficient (Wildman–Crippen LogP) is 2.89. The van der Waals surface area contributed by atoms with E-state index in [1.165, 1.54) is 24.1 Å². The predicted molar refractivity (Wildman–Crippen MR) is 107 cm³/mol. The summed E-state index contributed by atoms with van der Waals surface area (Å²) in [4.78, 5) is 28.3. The van der Waals surface area contributed by atoms with Crippen molar-refractivity contribution in [1.29, 1.82) is 0 Å². The largest absolute Gasteiger partial charge is 0.373 e. The van der Waals surface area contributed by atoms with Gasteiger partial charge in [0.15, 0.2) is 5.60 Å². The molecule has 1 saturated carbocycles. The van der Waals surface area contributed by atoms with E-state index in [0.29, 0.717) is 19.4 Å². The van der Waals surface area contributed by atoms with E-state index in [4.69, 9.17) is 9.47 Å². The second-order valence-corrected chi connectivity index (χ2v) is 9.00. The smallest absolute Gasteiger partial charge is 0.257 e. The van der Waals surface area contributed by atoms with Crippen LogP contribution in [0.3, 0.4) is 0 Å². The Labute approximate surface area is 175 Å². The average Bonchev–Trinajstić information content (AvgIpc) is 3.30. The van der Waals surface area contributed by atoms with E-state index in [9.17, 15) is 4.79 Å². The molecule has 3 fully saturated rings. The highest BCUT2D eigenvalue weighted by Gasteiger charge is 2.63. The minimum absolute atomic E-state index is 0.0305. The van der Waals surface area contributed by atoms with Crippen molar-refractivity contribution < 1.29 is 14.3 Å². The first-order valence-corrected chi connectivity index (χ1v) is 11.1. The third kappa shape index (κ3) is 2.94. The van der Waals surface area contributed by atoms with Crippen LogP contribution >= 0.6 is 0 Å². The van der Waals surface area contributed by atoms with Crippen LogP contribution in [0, 0.1) is 0 Å². The summed E-state index contributed by atoms with van der Waals surface area (Å²) >= 11 is 0. The zero-order valence-electron chi connectivity index (χ0n) is 17.0. The molecule has 2 aromatic rings. The normalized spacial score (nSPS) is 32.2. The summed E-state index contributed by atoms with van der Waals surface area (Å²) in [6.07, 6.45) is 14.6. The molecule has 30 heavy (non-hydrogen) atoms. The maximum absolute atomic E-state index is 13.2. The lowest BCUT2D eigenvalue weighted by Crippen LogP contribution is -2.54. The van der Waals surface area contributed by atoms with Gasteiger partial charge in [-0.05, 0) is 49.7 Å². The van der Waals surface area contributed by atoms with Crippen LogP contribution < -0.4 is 0 Å². The van der Waals surface area contributed by atoms with Crippen molar-refractivity contribution in [1.82, 2.24) is 19.9 Å². The minimum atomic E-state index is -0.704. The van der Waals surface area contributed by atoms with Crippen molar-refractivity contribution in [2.45, 2.75) is 81.9 Å². The van der Waals surface area contributed by atoms with Gasteiger partial charge in [-0.1, -0.05) is 6.07 Å². The molecule has 4 heterocycles. The first-order chi connectivity index (χ1) is 14.7. The molecule has 156 valence electrons. The first-order valence-electron chi connectivity index (χ1n) is 11.1. The molecule has 4 aliphatic rings. The molecule has 7 nitrogen and oxygen atoms in total. The lowest BCUT2D eigenvalue weighted by molar-refractivity contribution is -0.177. The Morgan fingerprint density at radius 2 is 2.03 bits per heavy atom. The Balaban J connectivity index is 1.08. The molecule has 2 aliphatic carbocycles. The highest BCUT2D eigenvalue weighted by Crippen LogP contribution is 2.51. The van der Waals surface area contributed by atoms with Gasteiger partial charge in [0.1, 0.15) is 6.23 Å². The van der Waals surface area contributed by atoms with E-state index >= 15 is 0 Å². The fraction of sp³-hybridized carbons (Fsp3) is 0.565. The fourth-order valence-corrected chi connectivity index (χ4v) is 5.48. The number of pyridine rings is 1. The number of rotatable bonds is 4. The number of amides is 1. The maximum Gasteiger partial charge on any atom is 0.257 e. The molecule has 7 heteroatoms. The highest BCUT2D eigenvalue weighted by atomic mass is 16.6. The Morgan fingerprint density at radius 3 is 2.90 bits per heavy atom. The van der Waals surface area contributed by atoms with Gasteiger partial charge in [-0.15, -0.1) is 0 Å². The zero-order valence-corrected chi connectivity index (χ0v) is 17.0.